The van der Waals surface area contributed by atoms with E-state index in [0.29, 0.717) is 12.4 Å². The minimum atomic E-state index is -3.56. The second-order valence-electron chi connectivity index (χ2n) is 6.31. The van der Waals surface area contributed by atoms with Crippen LogP contribution in [0.3, 0.4) is 0 Å². The Labute approximate surface area is 172 Å². The molecule has 2 aromatic rings. The molecule has 0 bridgehead atoms. The number of benzene rings is 2. The zero-order chi connectivity index (χ0) is 21.3. The molecular weight excluding hydrogens is 418 g/mol. The molecule has 2 rings (SSSR count). The van der Waals surface area contributed by atoms with Crippen molar-refractivity contribution in [1.29, 1.82) is 0 Å². The van der Waals surface area contributed by atoms with E-state index in [1.54, 1.807) is 29.2 Å². The molecule has 0 fully saturated rings. The summed E-state index contributed by atoms with van der Waals surface area (Å²) in [5.74, 6) is 0.678. The van der Waals surface area contributed by atoms with Gasteiger partial charge in [-0.1, -0.05) is 30.3 Å². The van der Waals surface area contributed by atoms with Crippen molar-refractivity contribution < 1.29 is 29.9 Å². The molecule has 0 aliphatic heterocycles. The number of nitrogens with zero attached hydrogens (tertiary/aromatic N) is 1. The maximum atomic E-state index is 11.2. The molecule has 0 aromatic heterocycles. The van der Waals surface area contributed by atoms with Crippen LogP contribution in [0.2, 0.25) is 0 Å². The van der Waals surface area contributed by atoms with E-state index in [9.17, 15) is 16.8 Å². The maximum absolute atomic E-state index is 11.2. The van der Waals surface area contributed by atoms with Gasteiger partial charge in [0.1, 0.15) is 12.4 Å². The molecule has 0 radical (unpaired) electrons. The van der Waals surface area contributed by atoms with Crippen molar-refractivity contribution in [2.75, 3.05) is 43.7 Å². The Hall–Kier alpha value is -2.14. The van der Waals surface area contributed by atoms with Gasteiger partial charge >= 0.3 is 0 Å². The van der Waals surface area contributed by atoms with Gasteiger partial charge in [-0.25, -0.2) is 0 Å². The standard InChI is InChI=1S/C19H25NO7S2/c1-28(21,22)26-14-12-20(13-15-27-29(2,23)24)18-8-10-19(11-9-18)25-16-17-6-4-3-5-7-17/h3-11H,12-16H2,1-2H3. The first-order valence-corrected chi connectivity index (χ1v) is 12.5. The Kier molecular flexibility index (Phi) is 8.45. The van der Waals surface area contributed by atoms with E-state index in [2.05, 4.69) is 0 Å². The molecule has 10 heteroatoms. The first-order chi connectivity index (χ1) is 13.6. The predicted molar refractivity (Wildman–Crippen MR) is 111 cm³/mol. The average Bonchev–Trinajstić information content (AvgIpc) is 2.65. The van der Waals surface area contributed by atoms with Gasteiger partial charge in [0.05, 0.1) is 25.7 Å². The van der Waals surface area contributed by atoms with Crippen LogP contribution in [0.15, 0.2) is 54.6 Å². The van der Waals surface area contributed by atoms with Gasteiger partial charge in [0.2, 0.25) is 0 Å². The molecule has 0 heterocycles. The summed E-state index contributed by atoms with van der Waals surface area (Å²) in [6.07, 6.45) is 1.95. The number of ether oxygens (including phenoxy) is 1. The fraction of sp³-hybridized carbons (Fsp3) is 0.368. The van der Waals surface area contributed by atoms with E-state index in [0.717, 1.165) is 23.8 Å². The van der Waals surface area contributed by atoms with Crippen LogP contribution in [-0.4, -0.2) is 55.7 Å². The van der Waals surface area contributed by atoms with Gasteiger partial charge < -0.3 is 9.64 Å². The van der Waals surface area contributed by atoms with Crippen molar-refractivity contribution >= 4 is 25.9 Å². The van der Waals surface area contributed by atoms with Gasteiger partial charge in [0.15, 0.2) is 0 Å². The van der Waals surface area contributed by atoms with Crippen molar-refractivity contribution in [3.8, 4) is 5.75 Å². The molecule has 29 heavy (non-hydrogen) atoms. The van der Waals surface area contributed by atoms with Crippen molar-refractivity contribution in [3.05, 3.63) is 60.2 Å². The molecule has 2 aromatic carbocycles. The normalized spacial score (nSPS) is 11.9. The first kappa shape index (κ1) is 23.1. The van der Waals surface area contributed by atoms with Crippen LogP contribution in [0.25, 0.3) is 0 Å². The molecule has 8 nitrogen and oxygen atoms in total. The van der Waals surface area contributed by atoms with Crippen LogP contribution in [0.5, 0.6) is 5.75 Å². The molecule has 160 valence electrons. The molecule has 0 aliphatic rings. The molecule has 0 N–H and O–H groups in total. The minimum absolute atomic E-state index is 0.0655. The third-order valence-corrected chi connectivity index (χ3v) is 4.96. The highest BCUT2D eigenvalue weighted by atomic mass is 32.2. The maximum Gasteiger partial charge on any atom is 0.264 e. The van der Waals surface area contributed by atoms with Crippen LogP contribution in [-0.2, 0) is 35.2 Å². The van der Waals surface area contributed by atoms with E-state index in [4.69, 9.17) is 13.1 Å². The van der Waals surface area contributed by atoms with E-state index < -0.39 is 20.2 Å². The van der Waals surface area contributed by atoms with Crippen LogP contribution in [0, 0.1) is 0 Å². The quantitative estimate of drug-likeness (QED) is 0.460. The summed E-state index contributed by atoms with van der Waals surface area (Å²) < 4.78 is 60.0. The van der Waals surface area contributed by atoms with Gasteiger partial charge in [-0.05, 0) is 29.8 Å². The third-order valence-electron chi connectivity index (χ3n) is 3.77. The molecule has 0 amide bonds. The zero-order valence-corrected chi connectivity index (χ0v) is 18.0. The lowest BCUT2D eigenvalue weighted by Crippen LogP contribution is -2.32. The number of hydrogen-bond donors (Lipinski definition) is 0. The molecule has 0 aliphatic carbocycles. The smallest absolute Gasteiger partial charge is 0.264 e. The van der Waals surface area contributed by atoms with Crippen LogP contribution >= 0.6 is 0 Å². The van der Waals surface area contributed by atoms with E-state index in [1.807, 2.05) is 30.3 Å². The van der Waals surface area contributed by atoms with Gasteiger partial charge in [-0.3, -0.25) is 8.37 Å². The summed E-state index contributed by atoms with van der Waals surface area (Å²) in [4.78, 5) is 1.78. The van der Waals surface area contributed by atoms with Crippen molar-refractivity contribution in [1.82, 2.24) is 0 Å². The van der Waals surface area contributed by atoms with Crippen molar-refractivity contribution in [3.63, 3.8) is 0 Å². The lowest BCUT2D eigenvalue weighted by Gasteiger charge is -2.24. The highest BCUT2D eigenvalue weighted by Crippen LogP contribution is 2.20. The van der Waals surface area contributed by atoms with Crippen molar-refractivity contribution in [2.24, 2.45) is 0 Å². The Morgan fingerprint density at radius 1 is 0.759 bits per heavy atom. The summed E-state index contributed by atoms with van der Waals surface area (Å²) >= 11 is 0. The zero-order valence-electron chi connectivity index (χ0n) is 16.4. The second-order valence-corrected chi connectivity index (χ2v) is 9.60. The number of anilines is 1. The fourth-order valence-electron chi connectivity index (χ4n) is 2.46. The highest BCUT2D eigenvalue weighted by molar-refractivity contribution is 7.86. The van der Waals surface area contributed by atoms with Gasteiger partial charge in [0, 0.05) is 18.8 Å². The summed E-state index contributed by atoms with van der Waals surface area (Å²) in [5.41, 5.74) is 1.81. The molecule has 0 unspecified atom stereocenters. The van der Waals surface area contributed by atoms with Gasteiger partial charge in [-0.2, -0.15) is 16.8 Å². The highest BCUT2D eigenvalue weighted by Gasteiger charge is 2.11. The number of rotatable bonds is 12. The van der Waals surface area contributed by atoms with E-state index >= 15 is 0 Å². The van der Waals surface area contributed by atoms with Crippen LogP contribution < -0.4 is 9.64 Å². The summed E-state index contributed by atoms with van der Waals surface area (Å²) in [5, 5.41) is 0. The largest absolute Gasteiger partial charge is 0.489 e. The Morgan fingerprint density at radius 2 is 1.28 bits per heavy atom. The van der Waals surface area contributed by atoms with Gasteiger partial charge in [0.25, 0.3) is 20.2 Å². The Bertz CT molecular complexity index is 921. The molecule has 0 saturated heterocycles. The monoisotopic (exact) mass is 443 g/mol. The molecule has 0 spiro atoms. The van der Waals surface area contributed by atoms with Crippen LogP contribution in [0.1, 0.15) is 5.56 Å². The number of hydrogen-bond acceptors (Lipinski definition) is 8. The summed E-state index contributed by atoms with van der Waals surface area (Å²) in [7, 11) is -7.12. The second kappa shape index (κ2) is 10.6. The topological polar surface area (TPSA) is 99.2 Å². The lowest BCUT2D eigenvalue weighted by molar-refractivity contribution is 0.306. The van der Waals surface area contributed by atoms with E-state index in [1.165, 1.54) is 0 Å². The van der Waals surface area contributed by atoms with Crippen molar-refractivity contribution in [2.45, 2.75) is 6.61 Å². The first-order valence-electron chi connectivity index (χ1n) is 8.83. The molecule has 0 atom stereocenters. The SMILES string of the molecule is CS(=O)(=O)OCCN(CCOS(C)(=O)=O)c1ccc(OCc2ccccc2)cc1. The van der Waals surface area contributed by atoms with E-state index in [-0.39, 0.29) is 26.3 Å². The lowest BCUT2D eigenvalue weighted by atomic mass is 10.2. The Balaban J connectivity index is 1.99. The third kappa shape index (κ3) is 9.75. The molecule has 0 saturated carbocycles. The summed E-state index contributed by atoms with van der Waals surface area (Å²) in [6, 6.07) is 17.0. The molecular formula is C19H25NO7S2. The minimum Gasteiger partial charge on any atom is -0.489 e. The summed E-state index contributed by atoms with van der Waals surface area (Å²) in [6.45, 7) is 0.789. The average molecular weight is 444 g/mol. The van der Waals surface area contributed by atoms with Gasteiger partial charge in [-0.15, -0.1) is 0 Å². The fourth-order valence-corrected chi connectivity index (χ4v) is 3.22. The predicted octanol–water partition coefficient (Wildman–Crippen LogP) is 2.02. The van der Waals surface area contributed by atoms with Crippen LogP contribution in [0.4, 0.5) is 5.69 Å². The Morgan fingerprint density at radius 3 is 1.76 bits per heavy atom.